The number of aliphatic carboxylic acids is 1. The largest absolute Gasteiger partial charge is 0.481 e. The number of carboxylic acid groups (broad SMARTS) is 1. The van der Waals surface area contributed by atoms with Crippen LogP contribution in [0.15, 0.2) is 17.5 Å². The van der Waals surface area contributed by atoms with Crippen LogP contribution in [-0.4, -0.2) is 17.6 Å². The third kappa shape index (κ3) is 3.23. The van der Waals surface area contributed by atoms with Crippen molar-refractivity contribution in [2.75, 3.05) is 6.54 Å². The summed E-state index contributed by atoms with van der Waals surface area (Å²) in [5.41, 5.74) is 0. The molecule has 0 radical (unpaired) electrons. The van der Waals surface area contributed by atoms with Gasteiger partial charge in [0.1, 0.15) is 0 Å². The lowest BCUT2D eigenvalue weighted by atomic mass is 9.79. The molecular formula is C16H23NO2S. The van der Waals surface area contributed by atoms with Crippen molar-refractivity contribution in [3.05, 3.63) is 22.4 Å². The lowest BCUT2D eigenvalue weighted by Gasteiger charge is -2.30. The van der Waals surface area contributed by atoms with E-state index in [4.69, 9.17) is 0 Å². The highest BCUT2D eigenvalue weighted by Crippen LogP contribution is 2.42. The zero-order valence-electron chi connectivity index (χ0n) is 11.8. The molecular weight excluding hydrogens is 270 g/mol. The molecule has 0 amide bonds. The molecule has 0 aromatic carbocycles. The van der Waals surface area contributed by atoms with E-state index in [9.17, 15) is 9.90 Å². The van der Waals surface area contributed by atoms with E-state index in [1.165, 1.54) is 24.1 Å². The second-order valence-electron chi connectivity index (χ2n) is 6.23. The molecule has 2 N–H and O–H groups in total. The normalized spacial score (nSPS) is 28.2. The zero-order valence-corrected chi connectivity index (χ0v) is 12.6. The molecule has 3 unspecified atom stereocenters. The van der Waals surface area contributed by atoms with Gasteiger partial charge in [0.05, 0.1) is 5.92 Å². The molecule has 0 spiro atoms. The summed E-state index contributed by atoms with van der Waals surface area (Å²) < 4.78 is 0. The number of hydrogen-bond donors (Lipinski definition) is 2. The molecule has 1 heterocycles. The predicted molar refractivity (Wildman–Crippen MR) is 80.9 cm³/mol. The summed E-state index contributed by atoms with van der Waals surface area (Å²) in [6.07, 6.45) is 6.79. The monoisotopic (exact) mass is 293 g/mol. The molecule has 0 bridgehead atoms. The van der Waals surface area contributed by atoms with Crippen molar-refractivity contribution in [2.24, 2.45) is 17.8 Å². The summed E-state index contributed by atoms with van der Waals surface area (Å²) in [7, 11) is 0. The molecule has 110 valence electrons. The molecule has 20 heavy (non-hydrogen) atoms. The van der Waals surface area contributed by atoms with E-state index < -0.39 is 5.97 Å². The van der Waals surface area contributed by atoms with Crippen molar-refractivity contribution in [3.63, 3.8) is 0 Å². The topological polar surface area (TPSA) is 49.3 Å². The van der Waals surface area contributed by atoms with Crippen LogP contribution in [0, 0.1) is 17.8 Å². The summed E-state index contributed by atoms with van der Waals surface area (Å²) in [6, 6.07) is 4.76. The van der Waals surface area contributed by atoms with Gasteiger partial charge < -0.3 is 10.4 Å². The molecule has 3 nitrogen and oxygen atoms in total. The highest BCUT2D eigenvalue weighted by atomic mass is 32.1. The van der Waals surface area contributed by atoms with Gasteiger partial charge in [-0.05, 0) is 55.5 Å². The first-order valence-corrected chi connectivity index (χ1v) is 8.63. The summed E-state index contributed by atoms with van der Waals surface area (Å²) >= 11 is 1.81. The SMILES string of the molecule is O=C(O)C1CCCCC1CNC(c1cccs1)C1CC1. The smallest absolute Gasteiger partial charge is 0.306 e. The molecule has 2 fully saturated rings. The third-order valence-electron chi connectivity index (χ3n) is 4.77. The first-order valence-electron chi connectivity index (χ1n) is 7.75. The minimum atomic E-state index is -0.601. The van der Waals surface area contributed by atoms with E-state index in [2.05, 4.69) is 22.8 Å². The molecule has 0 saturated heterocycles. The molecule has 0 aliphatic heterocycles. The van der Waals surface area contributed by atoms with Crippen LogP contribution in [0.5, 0.6) is 0 Å². The summed E-state index contributed by atoms with van der Waals surface area (Å²) in [6.45, 7) is 0.857. The fraction of sp³-hybridized carbons (Fsp3) is 0.688. The Hall–Kier alpha value is -0.870. The maximum atomic E-state index is 11.4. The summed E-state index contributed by atoms with van der Waals surface area (Å²) in [4.78, 5) is 12.8. The van der Waals surface area contributed by atoms with Crippen LogP contribution in [0.1, 0.15) is 49.4 Å². The van der Waals surface area contributed by atoms with Gasteiger partial charge in [-0.1, -0.05) is 18.9 Å². The average Bonchev–Trinajstić information content (AvgIpc) is 3.14. The van der Waals surface area contributed by atoms with Gasteiger partial charge in [0.2, 0.25) is 0 Å². The van der Waals surface area contributed by atoms with Crippen LogP contribution in [0.3, 0.4) is 0 Å². The van der Waals surface area contributed by atoms with E-state index in [0.717, 1.165) is 31.7 Å². The van der Waals surface area contributed by atoms with Crippen molar-refractivity contribution in [2.45, 2.75) is 44.6 Å². The third-order valence-corrected chi connectivity index (χ3v) is 5.72. The summed E-state index contributed by atoms with van der Waals surface area (Å²) in [5.74, 6) is 0.331. The van der Waals surface area contributed by atoms with Gasteiger partial charge in [-0.15, -0.1) is 11.3 Å². The summed E-state index contributed by atoms with van der Waals surface area (Å²) in [5, 5.41) is 15.2. The maximum absolute atomic E-state index is 11.4. The van der Waals surface area contributed by atoms with Gasteiger partial charge in [-0.25, -0.2) is 0 Å². The van der Waals surface area contributed by atoms with Crippen molar-refractivity contribution in [1.29, 1.82) is 0 Å². The Bertz CT molecular complexity index is 441. The van der Waals surface area contributed by atoms with Crippen LogP contribution in [-0.2, 0) is 4.79 Å². The zero-order chi connectivity index (χ0) is 13.9. The fourth-order valence-electron chi connectivity index (χ4n) is 3.45. The van der Waals surface area contributed by atoms with Crippen LogP contribution >= 0.6 is 11.3 Å². The minimum absolute atomic E-state index is 0.139. The van der Waals surface area contributed by atoms with E-state index in [1.807, 2.05) is 11.3 Å². The number of hydrogen-bond acceptors (Lipinski definition) is 3. The molecule has 3 rings (SSSR count). The van der Waals surface area contributed by atoms with E-state index in [1.54, 1.807) is 0 Å². The van der Waals surface area contributed by atoms with Gasteiger partial charge in [0.25, 0.3) is 0 Å². The molecule has 1 aromatic heterocycles. The minimum Gasteiger partial charge on any atom is -0.481 e. The Morgan fingerprint density at radius 3 is 2.80 bits per heavy atom. The highest BCUT2D eigenvalue weighted by molar-refractivity contribution is 7.10. The van der Waals surface area contributed by atoms with Gasteiger partial charge in [-0.3, -0.25) is 4.79 Å². The molecule has 3 atom stereocenters. The number of carboxylic acids is 1. The second kappa shape index (κ2) is 6.27. The van der Waals surface area contributed by atoms with Crippen molar-refractivity contribution < 1.29 is 9.90 Å². The average molecular weight is 293 g/mol. The molecule has 1 aromatic rings. The lowest BCUT2D eigenvalue weighted by molar-refractivity contribution is -0.144. The van der Waals surface area contributed by atoms with Crippen molar-refractivity contribution in [1.82, 2.24) is 5.32 Å². The van der Waals surface area contributed by atoms with Crippen molar-refractivity contribution >= 4 is 17.3 Å². The number of thiophene rings is 1. The Kier molecular flexibility index (Phi) is 4.41. The number of nitrogens with one attached hydrogen (secondary N) is 1. The van der Waals surface area contributed by atoms with E-state index in [-0.39, 0.29) is 5.92 Å². The standard InChI is InChI=1S/C16H23NO2S/c18-16(19)13-5-2-1-4-12(13)10-17-15(11-7-8-11)14-6-3-9-20-14/h3,6,9,11-13,15,17H,1-2,4-5,7-8,10H2,(H,18,19). The maximum Gasteiger partial charge on any atom is 0.306 e. The second-order valence-corrected chi connectivity index (χ2v) is 7.21. The number of rotatable bonds is 6. The Labute approximate surface area is 124 Å². The Morgan fingerprint density at radius 1 is 1.35 bits per heavy atom. The first kappa shape index (κ1) is 14.1. The fourth-order valence-corrected chi connectivity index (χ4v) is 4.35. The molecule has 2 saturated carbocycles. The van der Waals surface area contributed by atoms with E-state index in [0.29, 0.717) is 12.0 Å². The lowest BCUT2D eigenvalue weighted by Crippen LogP contribution is -2.36. The van der Waals surface area contributed by atoms with Gasteiger partial charge in [0, 0.05) is 10.9 Å². The molecule has 4 heteroatoms. The highest BCUT2D eigenvalue weighted by Gasteiger charge is 2.35. The first-order chi connectivity index (χ1) is 9.75. The Morgan fingerprint density at radius 2 is 2.15 bits per heavy atom. The van der Waals surface area contributed by atoms with Crippen LogP contribution < -0.4 is 5.32 Å². The van der Waals surface area contributed by atoms with E-state index >= 15 is 0 Å². The van der Waals surface area contributed by atoms with Gasteiger partial charge in [0.15, 0.2) is 0 Å². The van der Waals surface area contributed by atoms with Gasteiger partial charge >= 0.3 is 5.97 Å². The van der Waals surface area contributed by atoms with Gasteiger partial charge in [-0.2, -0.15) is 0 Å². The molecule has 2 aliphatic rings. The van der Waals surface area contributed by atoms with Crippen molar-refractivity contribution in [3.8, 4) is 0 Å². The molecule has 2 aliphatic carbocycles. The van der Waals surface area contributed by atoms with Crippen LogP contribution in [0.4, 0.5) is 0 Å². The van der Waals surface area contributed by atoms with Crippen LogP contribution in [0.25, 0.3) is 0 Å². The quantitative estimate of drug-likeness (QED) is 0.841. The number of carbonyl (C=O) groups is 1. The van der Waals surface area contributed by atoms with Crippen LogP contribution in [0.2, 0.25) is 0 Å². The predicted octanol–water partition coefficient (Wildman–Crippen LogP) is 3.68. The Balaban J connectivity index is 1.60.